The maximum atomic E-state index is 12.9. The molecule has 6 nitrogen and oxygen atoms in total. The first-order chi connectivity index (χ1) is 13.2. The minimum atomic E-state index is -3.60. The van der Waals surface area contributed by atoms with Crippen LogP contribution in [0.4, 0.5) is 5.69 Å². The largest absolute Gasteiger partial charge is 0.476 e. The number of hydrogen-bond acceptors (Lipinski definition) is 4. The van der Waals surface area contributed by atoms with Gasteiger partial charge in [0.15, 0.2) is 6.10 Å². The molecule has 2 aromatic rings. The summed E-state index contributed by atoms with van der Waals surface area (Å²) in [4.78, 5) is 12.9. The Hall–Kier alpha value is -2.25. The summed E-state index contributed by atoms with van der Waals surface area (Å²) in [6.45, 7) is 3.87. The van der Waals surface area contributed by atoms with Crippen molar-refractivity contribution < 1.29 is 17.9 Å². The van der Waals surface area contributed by atoms with Gasteiger partial charge in [0.05, 0.1) is 24.5 Å². The summed E-state index contributed by atoms with van der Waals surface area (Å²) in [6.07, 6.45) is 0.839. The number of nitrogens with one attached hydrogen (secondary N) is 1. The summed E-state index contributed by atoms with van der Waals surface area (Å²) < 4.78 is 31.5. The molecule has 1 amide bonds. The fraction of sp³-hybridized carbons (Fsp3) is 0.350. The Bertz CT molecular complexity index is 976. The molecule has 1 heterocycles. The second kappa shape index (κ2) is 8.01. The molecule has 0 saturated carbocycles. The number of sulfonamides is 1. The number of fused-ring (bicyclic) bond motifs is 1. The molecule has 3 rings (SSSR count). The van der Waals surface area contributed by atoms with Crippen molar-refractivity contribution in [3.8, 4) is 5.75 Å². The van der Waals surface area contributed by atoms with Crippen LogP contribution >= 0.6 is 11.6 Å². The molecule has 0 aromatic heterocycles. The molecule has 0 fully saturated rings. The summed E-state index contributed by atoms with van der Waals surface area (Å²) in [5.41, 5.74) is 2.47. The summed E-state index contributed by atoms with van der Waals surface area (Å²) in [5.74, 6) is -0.0497. The number of amides is 1. The first kappa shape index (κ1) is 20.5. The first-order valence-electron chi connectivity index (χ1n) is 9.00. The molecule has 0 aliphatic carbocycles. The van der Waals surface area contributed by atoms with Crippen LogP contribution in [0.1, 0.15) is 30.5 Å². The fourth-order valence-electron chi connectivity index (χ4n) is 3.16. The molecule has 0 radical (unpaired) electrons. The van der Waals surface area contributed by atoms with Crippen LogP contribution in [0.5, 0.6) is 5.75 Å². The number of aryl methyl sites for hydroxylation is 1. The predicted octanol–water partition coefficient (Wildman–Crippen LogP) is 3.44. The van der Waals surface area contributed by atoms with Gasteiger partial charge >= 0.3 is 0 Å². The fourth-order valence-corrected chi connectivity index (χ4v) is 4.23. The molecule has 2 aromatic carbocycles. The Kier molecular flexibility index (Phi) is 5.86. The molecule has 1 aliphatic heterocycles. The van der Waals surface area contributed by atoms with Crippen LogP contribution in [0.2, 0.25) is 5.02 Å². The van der Waals surface area contributed by atoms with E-state index in [1.54, 1.807) is 12.1 Å². The normalized spacial score (nSPS) is 17.4. The van der Waals surface area contributed by atoms with Gasteiger partial charge in [0.1, 0.15) is 5.75 Å². The van der Waals surface area contributed by atoms with Crippen molar-refractivity contribution in [3.05, 3.63) is 58.6 Å². The molecule has 0 unspecified atom stereocenters. The zero-order valence-electron chi connectivity index (χ0n) is 16.0. The van der Waals surface area contributed by atoms with E-state index in [9.17, 15) is 13.2 Å². The van der Waals surface area contributed by atoms with Crippen LogP contribution in [0, 0.1) is 6.92 Å². The van der Waals surface area contributed by atoms with E-state index in [4.69, 9.17) is 16.3 Å². The summed E-state index contributed by atoms with van der Waals surface area (Å²) in [7, 11) is -3.60. The van der Waals surface area contributed by atoms with Crippen molar-refractivity contribution in [2.45, 2.75) is 32.4 Å². The van der Waals surface area contributed by atoms with E-state index in [0.29, 0.717) is 22.9 Å². The number of halogens is 1. The highest BCUT2D eigenvalue weighted by atomic mass is 35.5. The number of nitrogens with zero attached hydrogens (tertiary/aromatic N) is 1. The molecule has 28 heavy (non-hydrogen) atoms. The van der Waals surface area contributed by atoms with Gasteiger partial charge < -0.3 is 10.1 Å². The quantitative estimate of drug-likeness (QED) is 0.800. The first-order valence-corrected chi connectivity index (χ1v) is 11.2. The lowest BCUT2D eigenvalue weighted by atomic mass is 10.0. The van der Waals surface area contributed by atoms with E-state index in [1.807, 2.05) is 38.1 Å². The Balaban J connectivity index is 1.84. The van der Waals surface area contributed by atoms with Crippen molar-refractivity contribution in [2.75, 3.05) is 17.1 Å². The zero-order chi connectivity index (χ0) is 20.5. The molecule has 2 atom stereocenters. The van der Waals surface area contributed by atoms with Gasteiger partial charge in [0, 0.05) is 5.02 Å². The van der Waals surface area contributed by atoms with Gasteiger partial charge in [0.25, 0.3) is 5.91 Å². The molecule has 0 saturated heterocycles. The SMILES string of the molecule is CC[C@H](NC(=O)[C@@H]1CN(S(C)(=O)=O)c2cc(Cl)ccc2O1)c1ccc(C)cc1. The maximum Gasteiger partial charge on any atom is 0.263 e. The second-order valence-electron chi connectivity index (χ2n) is 6.89. The van der Waals surface area contributed by atoms with Crippen LogP contribution in [-0.2, 0) is 14.8 Å². The predicted molar refractivity (Wildman–Crippen MR) is 110 cm³/mol. The van der Waals surface area contributed by atoms with Crippen LogP contribution < -0.4 is 14.4 Å². The third-order valence-electron chi connectivity index (χ3n) is 4.69. The van der Waals surface area contributed by atoms with E-state index >= 15 is 0 Å². The van der Waals surface area contributed by atoms with Gasteiger partial charge in [0.2, 0.25) is 10.0 Å². The second-order valence-corrected chi connectivity index (χ2v) is 9.24. The summed E-state index contributed by atoms with van der Waals surface area (Å²) in [5, 5.41) is 3.37. The third-order valence-corrected chi connectivity index (χ3v) is 6.07. The molecule has 1 N–H and O–H groups in total. The number of carbonyl (C=O) groups is 1. The highest BCUT2D eigenvalue weighted by molar-refractivity contribution is 7.92. The van der Waals surface area contributed by atoms with Crippen LogP contribution in [0.25, 0.3) is 0 Å². The highest BCUT2D eigenvalue weighted by Gasteiger charge is 2.35. The van der Waals surface area contributed by atoms with Gasteiger partial charge in [-0.05, 0) is 37.1 Å². The maximum absolute atomic E-state index is 12.9. The number of hydrogen-bond donors (Lipinski definition) is 1. The minimum absolute atomic E-state index is 0.109. The summed E-state index contributed by atoms with van der Waals surface area (Å²) in [6, 6.07) is 12.5. The van der Waals surface area contributed by atoms with Crippen molar-refractivity contribution in [2.24, 2.45) is 0 Å². The smallest absolute Gasteiger partial charge is 0.263 e. The number of carbonyl (C=O) groups excluding carboxylic acids is 1. The minimum Gasteiger partial charge on any atom is -0.476 e. The van der Waals surface area contributed by atoms with Crippen LogP contribution in [0.3, 0.4) is 0 Å². The average molecular weight is 423 g/mol. The van der Waals surface area contributed by atoms with Gasteiger partial charge in [-0.1, -0.05) is 48.4 Å². The molecule has 1 aliphatic rings. The standard InChI is InChI=1S/C20H23ClN2O4S/c1-4-16(14-7-5-13(2)6-8-14)22-20(24)19-12-23(28(3,25)26)17-11-15(21)9-10-18(17)27-19/h5-11,16,19H,4,12H2,1-3H3,(H,22,24)/t16-,19-/m0/s1. The van der Waals surface area contributed by atoms with Gasteiger partial charge in [-0.2, -0.15) is 0 Å². The van der Waals surface area contributed by atoms with Crippen molar-refractivity contribution >= 4 is 33.2 Å². The Morgan fingerprint density at radius 2 is 1.96 bits per heavy atom. The molecule has 8 heteroatoms. The lowest BCUT2D eigenvalue weighted by Crippen LogP contribution is -2.51. The monoisotopic (exact) mass is 422 g/mol. The van der Waals surface area contributed by atoms with Gasteiger partial charge in [-0.3, -0.25) is 9.10 Å². The van der Waals surface area contributed by atoms with Gasteiger partial charge in [-0.25, -0.2) is 8.42 Å². The van der Waals surface area contributed by atoms with E-state index in [1.165, 1.54) is 6.07 Å². The van der Waals surface area contributed by atoms with E-state index < -0.39 is 16.1 Å². The van der Waals surface area contributed by atoms with Crippen LogP contribution in [0.15, 0.2) is 42.5 Å². The zero-order valence-corrected chi connectivity index (χ0v) is 17.5. The molecule has 150 valence electrons. The Morgan fingerprint density at radius 1 is 1.29 bits per heavy atom. The van der Waals surface area contributed by atoms with Gasteiger partial charge in [-0.15, -0.1) is 0 Å². The highest BCUT2D eigenvalue weighted by Crippen LogP contribution is 2.37. The number of benzene rings is 2. The Labute approximate surface area is 170 Å². The molecule has 0 bridgehead atoms. The van der Waals surface area contributed by atoms with E-state index in [-0.39, 0.29) is 18.5 Å². The van der Waals surface area contributed by atoms with E-state index in [0.717, 1.165) is 21.7 Å². The van der Waals surface area contributed by atoms with Crippen molar-refractivity contribution in [1.29, 1.82) is 0 Å². The lowest BCUT2D eigenvalue weighted by Gasteiger charge is -2.34. The topological polar surface area (TPSA) is 75.7 Å². The number of anilines is 1. The van der Waals surface area contributed by atoms with Crippen LogP contribution in [-0.4, -0.2) is 33.2 Å². The molecular weight excluding hydrogens is 400 g/mol. The van der Waals surface area contributed by atoms with Crippen molar-refractivity contribution in [3.63, 3.8) is 0 Å². The number of rotatable bonds is 5. The summed E-state index contributed by atoms with van der Waals surface area (Å²) >= 11 is 6.00. The van der Waals surface area contributed by atoms with Crippen molar-refractivity contribution in [1.82, 2.24) is 5.32 Å². The average Bonchev–Trinajstić information content (AvgIpc) is 2.65. The lowest BCUT2D eigenvalue weighted by molar-refractivity contribution is -0.128. The van der Waals surface area contributed by atoms with E-state index in [2.05, 4.69) is 5.32 Å². The Morgan fingerprint density at radius 3 is 2.57 bits per heavy atom. The molecule has 0 spiro atoms. The number of ether oxygens (including phenoxy) is 1. The molecular formula is C20H23ClN2O4S. The third kappa shape index (κ3) is 4.42.